The maximum absolute atomic E-state index is 3.64. The zero-order valence-corrected chi connectivity index (χ0v) is 16.4. The lowest BCUT2D eigenvalue weighted by Crippen LogP contribution is -2.48. The molecule has 0 bridgehead atoms. The molecule has 0 aromatic heterocycles. The Morgan fingerprint density at radius 1 is 0.826 bits per heavy atom. The Balaban J connectivity index is 0.000000155. The summed E-state index contributed by atoms with van der Waals surface area (Å²) in [6, 6.07) is 2.67. The predicted molar refractivity (Wildman–Crippen MR) is 102 cm³/mol. The van der Waals surface area contributed by atoms with E-state index < -0.39 is 0 Å². The normalized spacial score (nSPS) is 35.7. The van der Waals surface area contributed by atoms with Crippen LogP contribution in [0.3, 0.4) is 0 Å². The van der Waals surface area contributed by atoms with Gasteiger partial charge in [-0.1, -0.05) is 33.1 Å². The van der Waals surface area contributed by atoms with Crippen molar-refractivity contribution in [1.29, 1.82) is 0 Å². The summed E-state index contributed by atoms with van der Waals surface area (Å²) in [4.78, 5) is 2.68. The van der Waals surface area contributed by atoms with Crippen LogP contribution in [0.5, 0.6) is 0 Å². The number of piperidine rings is 1. The fourth-order valence-corrected chi connectivity index (χ4v) is 5.48. The van der Waals surface area contributed by atoms with Crippen LogP contribution in [0, 0.1) is 5.41 Å². The Hall–Kier alpha value is -0.0800. The summed E-state index contributed by atoms with van der Waals surface area (Å²) in [6.07, 6.45) is 16.2. The van der Waals surface area contributed by atoms with Crippen LogP contribution in [-0.4, -0.2) is 36.1 Å². The monoisotopic (exact) mass is 322 g/mol. The van der Waals surface area contributed by atoms with Gasteiger partial charge in [0.25, 0.3) is 0 Å². The van der Waals surface area contributed by atoms with Gasteiger partial charge in [-0.05, 0) is 83.7 Å². The minimum Gasteiger partial charge on any atom is -0.314 e. The van der Waals surface area contributed by atoms with Crippen molar-refractivity contribution in [3.05, 3.63) is 0 Å². The fraction of sp³-hybridized carbons (Fsp3) is 1.00. The maximum atomic E-state index is 3.64. The first-order chi connectivity index (χ1) is 11.2. The molecule has 0 aromatic rings. The van der Waals surface area contributed by atoms with Crippen molar-refractivity contribution in [2.75, 3.05) is 13.1 Å². The van der Waals surface area contributed by atoms with E-state index in [1.165, 1.54) is 83.7 Å². The van der Waals surface area contributed by atoms with Crippen LogP contribution in [0.1, 0.15) is 98.3 Å². The van der Waals surface area contributed by atoms with Crippen LogP contribution in [0.15, 0.2) is 0 Å². The highest BCUT2D eigenvalue weighted by Gasteiger charge is 2.38. The van der Waals surface area contributed by atoms with Gasteiger partial charge in [-0.15, -0.1) is 0 Å². The first kappa shape index (κ1) is 19.2. The summed E-state index contributed by atoms with van der Waals surface area (Å²) in [6.45, 7) is 11.4. The van der Waals surface area contributed by atoms with Crippen molar-refractivity contribution in [2.45, 2.75) is 116 Å². The molecule has 23 heavy (non-hydrogen) atoms. The van der Waals surface area contributed by atoms with Gasteiger partial charge in [0.15, 0.2) is 0 Å². The minimum atomic E-state index is 0.705. The summed E-state index contributed by atoms with van der Waals surface area (Å²) in [5.74, 6) is 0. The Morgan fingerprint density at radius 3 is 2.17 bits per heavy atom. The quantitative estimate of drug-likeness (QED) is 0.645. The Labute approximate surface area is 145 Å². The summed E-state index contributed by atoms with van der Waals surface area (Å²) < 4.78 is 0. The number of rotatable bonds is 0. The molecule has 136 valence electrons. The van der Waals surface area contributed by atoms with Crippen molar-refractivity contribution in [1.82, 2.24) is 10.2 Å². The second kappa shape index (κ2) is 9.42. The average molecular weight is 323 g/mol. The van der Waals surface area contributed by atoms with Crippen molar-refractivity contribution in [2.24, 2.45) is 5.41 Å². The van der Waals surface area contributed by atoms with E-state index in [0.717, 1.165) is 18.1 Å². The standard InChI is InChI=1S/C11H21N.C8H15N.C2H6/c1-10-11(8-5-9-12-10)6-3-2-4-7-11;1-7-4-5-8-3-2-6-9(7)8;1-2/h10,12H,2-9H2,1H3;7-8H,2-6H2,1H3;1-2H3. The van der Waals surface area contributed by atoms with E-state index >= 15 is 0 Å². The molecule has 2 heteroatoms. The molecule has 0 amide bonds. The van der Waals surface area contributed by atoms with E-state index in [1.54, 1.807) is 0 Å². The zero-order valence-electron chi connectivity index (χ0n) is 16.4. The smallest absolute Gasteiger partial charge is 0.00991 e. The first-order valence-corrected chi connectivity index (χ1v) is 10.7. The third kappa shape index (κ3) is 4.72. The second-order valence-corrected chi connectivity index (χ2v) is 8.16. The molecular weight excluding hydrogens is 280 g/mol. The van der Waals surface area contributed by atoms with Crippen LogP contribution in [0.4, 0.5) is 0 Å². The Morgan fingerprint density at radius 2 is 1.52 bits per heavy atom. The highest BCUT2D eigenvalue weighted by Crippen LogP contribution is 2.44. The highest BCUT2D eigenvalue weighted by molar-refractivity contribution is 4.93. The van der Waals surface area contributed by atoms with Crippen LogP contribution >= 0.6 is 0 Å². The average Bonchev–Trinajstić information content (AvgIpc) is 3.20. The van der Waals surface area contributed by atoms with Gasteiger partial charge in [-0.2, -0.15) is 0 Å². The van der Waals surface area contributed by atoms with Gasteiger partial charge in [0.05, 0.1) is 0 Å². The first-order valence-electron chi connectivity index (χ1n) is 10.7. The van der Waals surface area contributed by atoms with E-state index in [9.17, 15) is 0 Å². The van der Waals surface area contributed by atoms with Gasteiger partial charge < -0.3 is 5.32 Å². The molecule has 3 saturated heterocycles. The third-order valence-corrected chi connectivity index (χ3v) is 6.98. The molecule has 1 N–H and O–H groups in total. The van der Waals surface area contributed by atoms with Gasteiger partial charge in [0, 0.05) is 18.1 Å². The van der Waals surface area contributed by atoms with Crippen LogP contribution < -0.4 is 5.32 Å². The van der Waals surface area contributed by atoms with E-state index in [-0.39, 0.29) is 0 Å². The van der Waals surface area contributed by atoms with Crippen molar-refractivity contribution in [3.8, 4) is 0 Å². The van der Waals surface area contributed by atoms with Crippen molar-refractivity contribution in [3.63, 3.8) is 0 Å². The van der Waals surface area contributed by atoms with E-state index in [1.807, 2.05) is 13.8 Å². The van der Waals surface area contributed by atoms with E-state index in [4.69, 9.17) is 0 Å². The Kier molecular flexibility index (Phi) is 7.88. The molecule has 4 aliphatic rings. The Bertz CT molecular complexity index is 314. The zero-order chi connectivity index (χ0) is 16.7. The highest BCUT2D eigenvalue weighted by atomic mass is 15.2. The topological polar surface area (TPSA) is 15.3 Å². The molecule has 1 saturated carbocycles. The van der Waals surface area contributed by atoms with Crippen LogP contribution in [0.25, 0.3) is 0 Å². The molecule has 3 atom stereocenters. The lowest BCUT2D eigenvalue weighted by atomic mass is 9.65. The third-order valence-electron chi connectivity index (χ3n) is 6.98. The van der Waals surface area contributed by atoms with Gasteiger partial charge in [0.2, 0.25) is 0 Å². The largest absolute Gasteiger partial charge is 0.314 e. The van der Waals surface area contributed by atoms with Crippen LogP contribution in [0.2, 0.25) is 0 Å². The lowest BCUT2D eigenvalue weighted by Gasteiger charge is -2.46. The molecule has 1 aliphatic carbocycles. The SMILES string of the molecule is CC.CC1CCC2CCCN12.CC1NCCCC12CCCCC2. The lowest BCUT2D eigenvalue weighted by molar-refractivity contribution is 0.0907. The van der Waals surface area contributed by atoms with E-state index in [2.05, 4.69) is 24.1 Å². The molecule has 3 unspecified atom stereocenters. The summed E-state index contributed by atoms with van der Waals surface area (Å²) in [7, 11) is 0. The molecule has 3 aliphatic heterocycles. The van der Waals surface area contributed by atoms with Crippen molar-refractivity contribution >= 4 is 0 Å². The maximum Gasteiger partial charge on any atom is 0.00991 e. The number of nitrogens with one attached hydrogen (secondary N) is 1. The minimum absolute atomic E-state index is 0.705. The van der Waals surface area contributed by atoms with Crippen molar-refractivity contribution < 1.29 is 0 Å². The van der Waals surface area contributed by atoms with E-state index in [0.29, 0.717) is 5.41 Å². The summed E-state index contributed by atoms with van der Waals surface area (Å²) >= 11 is 0. The predicted octanol–water partition coefficient (Wildman–Crippen LogP) is 5.37. The number of nitrogens with zero attached hydrogens (tertiary/aromatic N) is 1. The molecular formula is C21H42N2. The molecule has 0 radical (unpaired) electrons. The molecule has 0 aromatic carbocycles. The molecule has 1 spiro atoms. The molecule has 3 heterocycles. The molecule has 4 fully saturated rings. The number of hydrogen-bond donors (Lipinski definition) is 1. The van der Waals surface area contributed by atoms with Gasteiger partial charge in [-0.3, -0.25) is 4.90 Å². The van der Waals surface area contributed by atoms with Gasteiger partial charge in [-0.25, -0.2) is 0 Å². The summed E-state index contributed by atoms with van der Waals surface area (Å²) in [5.41, 5.74) is 0.705. The molecule has 2 nitrogen and oxygen atoms in total. The second-order valence-electron chi connectivity index (χ2n) is 8.16. The van der Waals surface area contributed by atoms with Crippen LogP contribution in [-0.2, 0) is 0 Å². The number of fused-ring (bicyclic) bond motifs is 1. The number of hydrogen-bond acceptors (Lipinski definition) is 2. The van der Waals surface area contributed by atoms with Gasteiger partial charge >= 0.3 is 0 Å². The molecule has 4 rings (SSSR count). The summed E-state index contributed by atoms with van der Waals surface area (Å²) in [5, 5.41) is 3.64. The van der Waals surface area contributed by atoms with Gasteiger partial charge in [0.1, 0.15) is 0 Å². The fourth-order valence-electron chi connectivity index (χ4n) is 5.48.